The molecule has 1 atom stereocenters. The molecule has 0 amide bonds. The lowest BCUT2D eigenvalue weighted by Gasteiger charge is -2.39. The highest BCUT2D eigenvalue weighted by atomic mass is 32.2. The molecule has 3 rings (SSSR count). The lowest BCUT2D eigenvalue weighted by molar-refractivity contribution is 0.166. The van der Waals surface area contributed by atoms with Crippen molar-refractivity contribution in [2.75, 3.05) is 26.2 Å². The summed E-state index contributed by atoms with van der Waals surface area (Å²) in [5.41, 5.74) is 0.759. The Bertz CT molecular complexity index is 595. The van der Waals surface area contributed by atoms with Crippen LogP contribution in [0.15, 0.2) is 24.3 Å². The summed E-state index contributed by atoms with van der Waals surface area (Å²) in [6, 6.07) is 5.71. The van der Waals surface area contributed by atoms with Crippen LogP contribution in [-0.2, 0) is 15.8 Å². The van der Waals surface area contributed by atoms with Crippen LogP contribution in [-0.4, -0.2) is 38.9 Å². The highest BCUT2D eigenvalue weighted by Crippen LogP contribution is 2.36. The normalized spacial score (nSPS) is 27.3. The average Bonchev–Trinajstić information content (AvgIpc) is 2.89. The van der Waals surface area contributed by atoms with Crippen LogP contribution >= 0.6 is 0 Å². The molecule has 0 saturated carbocycles. The van der Waals surface area contributed by atoms with Crippen LogP contribution in [0.3, 0.4) is 0 Å². The SMILES string of the molecule is O=S(=O)(Cc1ccc(F)cc1)N1CCCC2(CCNC2)C1. The smallest absolute Gasteiger partial charge is 0.218 e. The molecule has 1 unspecified atom stereocenters. The molecule has 0 bridgehead atoms. The van der Waals surface area contributed by atoms with Crippen LogP contribution in [0.5, 0.6) is 0 Å². The Kier molecular flexibility index (Phi) is 4.03. The second-order valence-electron chi connectivity index (χ2n) is 6.25. The van der Waals surface area contributed by atoms with Crippen molar-refractivity contribution in [1.82, 2.24) is 9.62 Å². The molecule has 21 heavy (non-hydrogen) atoms. The Hall–Kier alpha value is -0.980. The summed E-state index contributed by atoms with van der Waals surface area (Å²) in [6.07, 6.45) is 3.07. The number of rotatable bonds is 3. The molecule has 4 nitrogen and oxygen atoms in total. The van der Waals surface area contributed by atoms with Gasteiger partial charge in [0.15, 0.2) is 0 Å². The minimum absolute atomic E-state index is 0.0449. The van der Waals surface area contributed by atoms with E-state index in [1.54, 1.807) is 16.4 Å². The van der Waals surface area contributed by atoms with Gasteiger partial charge in [0.1, 0.15) is 5.82 Å². The number of hydrogen-bond donors (Lipinski definition) is 1. The van der Waals surface area contributed by atoms with Gasteiger partial charge in [-0.15, -0.1) is 0 Å². The maximum absolute atomic E-state index is 12.9. The molecule has 2 fully saturated rings. The highest BCUT2D eigenvalue weighted by Gasteiger charge is 2.41. The van der Waals surface area contributed by atoms with Gasteiger partial charge in [0.2, 0.25) is 10.0 Å². The first-order valence-corrected chi connectivity index (χ1v) is 9.03. The van der Waals surface area contributed by atoms with Crippen molar-refractivity contribution in [2.45, 2.75) is 25.0 Å². The molecule has 2 aliphatic rings. The van der Waals surface area contributed by atoms with Gasteiger partial charge in [-0.3, -0.25) is 0 Å². The van der Waals surface area contributed by atoms with Crippen molar-refractivity contribution in [2.24, 2.45) is 5.41 Å². The van der Waals surface area contributed by atoms with E-state index < -0.39 is 10.0 Å². The Morgan fingerprint density at radius 2 is 2.00 bits per heavy atom. The fourth-order valence-corrected chi connectivity index (χ4v) is 5.10. The maximum atomic E-state index is 12.9. The quantitative estimate of drug-likeness (QED) is 0.925. The summed E-state index contributed by atoms with van der Waals surface area (Å²) in [6.45, 7) is 3.11. The maximum Gasteiger partial charge on any atom is 0.218 e. The van der Waals surface area contributed by atoms with E-state index in [0.717, 1.165) is 32.4 Å². The molecule has 1 aromatic carbocycles. The molecule has 1 aromatic rings. The topological polar surface area (TPSA) is 49.4 Å². The monoisotopic (exact) mass is 312 g/mol. The van der Waals surface area contributed by atoms with Crippen LogP contribution in [0.25, 0.3) is 0 Å². The predicted octanol–water partition coefficient (Wildman–Crippen LogP) is 1.73. The highest BCUT2D eigenvalue weighted by molar-refractivity contribution is 7.88. The van der Waals surface area contributed by atoms with Gasteiger partial charge >= 0.3 is 0 Å². The van der Waals surface area contributed by atoms with Crippen LogP contribution in [0.1, 0.15) is 24.8 Å². The van der Waals surface area contributed by atoms with E-state index in [-0.39, 0.29) is 17.0 Å². The fraction of sp³-hybridized carbons (Fsp3) is 0.600. The van der Waals surface area contributed by atoms with E-state index >= 15 is 0 Å². The molecule has 1 N–H and O–H groups in total. The lowest BCUT2D eigenvalue weighted by atomic mass is 9.80. The van der Waals surface area contributed by atoms with Gasteiger partial charge < -0.3 is 5.32 Å². The Labute approximate surface area is 125 Å². The molecule has 6 heteroatoms. The average molecular weight is 312 g/mol. The first-order chi connectivity index (χ1) is 9.99. The van der Waals surface area contributed by atoms with Gasteiger partial charge in [-0.2, -0.15) is 0 Å². The standard InChI is InChI=1S/C15H21FN2O2S/c16-14-4-2-13(3-5-14)10-21(19,20)18-9-1-6-15(12-18)7-8-17-11-15/h2-5,17H,1,6-12H2. The number of sulfonamides is 1. The van der Waals surface area contributed by atoms with Crippen LogP contribution in [0.4, 0.5) is 4.39 Å². The van der Waals surface area contributed by atoms with Crippen molar-refractivity contribution >= 4 is 10.0 Å². The molecule has 0 radical (unpaired) electrons. The van der Waals surface area contributed by atoms with E-state index in [2.05, 4.69) is 5.32 Å². The van der Waals surface area contributed by atoms with Crippen molar-refractivity contribution in [3.8, 4) is 0 Å². The fourth-order valence-electron chi connectivity index (χ4n) is 3.43. The van der Waals surface area contributed by atoms with Crippen molar-refractivity contribution < 1.29 is 12.8 Å². The third-order valence-corrected chi connectivity index (χ3v) is 6.41. The van der Waals surface area contributed by atoms with Crippen molar-refractivity contribution in [1.29, 1.82) is 0 Å². The predicted molar refractivity (Wildman–Crippen MR) is 79.8 cm³/mol. The van der Waals surface area contributed by atoms with E-state index in [9.17, 15) is 12.8 Å². The van der Waals surface area contributed by atoms with Gasteiger partial charge in [-0.25, -0.2) is 17.1 Å². The lowest BCUT2D eigenvalue weighted by Crippen LogP contribution is -2.47. The largest absolute Gasteiger partial charge is 0.316 e. The zero-order valence-electron chi connectivity index (χ0n) is 12.0. The first kappa shape index (κ1) is 14.9. The minimum Gasteiger partial charge on any atom is -0.316 e. The second kappa shape index (κ2) is 5.66. The number of nitrogens with one attached hydrogen (secondary N) is 1. The Morgan fingerprint density at radius 3 is 2.67 bits per heavy atom. The Balaban J connectivity index is 1.73. The van der Waals surface area contributed by atoms with E-state index in [4.69, 9.17) is 0 Å². The van der Waals surface area contributed by atoms with Gasteiger partial charge in [-0.05, 0) is 48.9 Å². The number of benzene rings is 1. The van der Waals surface area contributed by atoms with Gasteiger partial charge in [-0.1, -0.05) is 12.1 Å². The van der Waals surface area contributed by atoms with Crippen LogP contribution < -0.4 is 5.32 Å². The third-order valence-electron chi connectivity index (χ3n) is 4.61. The van der Waals surface area contributed by atoms with E-state index in [1.807, 2.05) is 0 Å². The van der Waals surface area contributed by atoms with Crippen molar-refractivity contribution in [3.05, 3.63) is 35.6 Å². The Morgan fingerprint density at radius 1 is 1.24 bits per heavy atom. The summed E-state index contributed by atoms with van der Waals surface area (Å²) >= 11 is 0. The summed E-state index contributed by atoms with van der Waals surface area (Å²) in [5.74, 6) is -0.387. The molecular formula is C15H21FN2O2S. The number of hydrogen-bond acceptors (Lipinski definition) is 3. The molecular weight excluding hydrogens is 291 g/mol. The molecule has 2 saturated heterocycles. The van der Waals surface area contributed by atoms with Crippen LogP contribution in [0.2, 0.25) is 0 Å². The van der Waals surface area contributed by atoms with Gasteiger partial charge in [0, 0.05) is 19.6 Å². The molecule has 1 spiro atoms. The molecule has 0 aliphatic carbocycles. The van der Waals surface area contributed by atoms with Gasteiger partial charge in [0.05, 0.1) is 5.75 Å². The zero-order valence-corrected chi connectivity index (χ0v) is 12.8. The molecule has 0 aromatic heterocycles. The van der Waals surface area contributed by atoms with Gasteiger partial charge in [0.25, 0.3) is 0 Å². The van der Waals surface area contributed by atoms with E-state index in [1.165, 1.54) is 12.1 Å². The summed E-state index contributed by atoms with van der Waals surface area (Å²) < 4.78 is 39.7. The number of piperidine rings is 1. The summed E-state index contributed by atoms with van der Waals surface area (Å²) in [4.78, 5) is 0. The molecule has 2 aliphatic heterocycles. The first-order valence-electron chi connectivity index (χ1n) is 7.42. The number of nitrogens with zero attached hydrogens (tertiary/aromatic N) is 1. The van der Waals surface area contributed by atoms with E-state index in [0.29, 0.717) is 18.7 Å². The number of halogens is 1. The molecule has 2 heterocycles. The third kappa shape index (κ3) is 3.27. The van der Waals surface area contributed by atoms with Crippen molar-refractivity contribution in [3.63, 3.8) is 0 Å². The zero-order chi connectivity index (χ0) is 14.9. The second-order valence-corrected chi connectivity index (χ2v) is 8.22. The summed E-state index contributed by atoms with van der Waals surface area (Å²) in [5, 5.41) is 3.35. The minimum atomic E-state index is -3.33. The molecule has 116 valence electrons. The van der Waals surface area contributed by atoms with Crippen LogP contribution in [0, 0.1) is 11.2 Å². The summed E-state index contributed by atoms with van der Waals surface area (Å²) in [7, 11) is -3.33.